The topological polar surface area (TPSA) is 42.5 Å². The van der Waals surface area contributed by atoms with Crippen LogP contribution >= 0.6 is 0 Å². The van der Waals surface area contributed by atoms with E-state index in [1.807, 2.05) is 0 Å². The number of rotatable bonds is 8. The van der Waals surface area contributed by atoms with E-state index in [0.29, 0.717) is 0 Å². The van der Waals surface area contributed by atoms with E-state index < -0.39 is 33.9 Å². The van der Waals surface area contributed by atoms with Gasteiger partial charge in [-0.1, -0.05) is 243 Å². The Morgan fingerprint density at radius 1 is 0.232 bits per heavy atom. The Balaban J connectivity index is 1.50. The molecule has 0 aromatic heterocycles. The van der Waals surface area contributed by atoms with Crippen LogP contribution in [0.5, 0.6) is 0 Å². The van der Waals surface area contributed by atoms with Gasteiger partial charge in [0.25, 0.3) is 8.40 Å². The summed E-state index contributed by atoms with van der Waals surface area (Å²) in [5.74, 6) is 0. The highest BCUT2D eigenvalue weighted by atomic mass is 28.5. The summed E-state index contributed by atoms with van der Waals surface area (Å²) in [6.45, 7) is 0. The number of hydrogen-bond donors (Lipinski definition) is 2. The van der Waals surface area contributed by atoms with Gasteiger partial charge in [-0.25, -0.2) is 0 Å². The summed E-state index contributed by atoms with van der Waals surface area (Å²) in [4.78, 5) is 0. The number of nitrogens with one attached hydrogen (secondary N) is 2. The molecule has 1 saturated heterocycles. The van der Waals surface area contributed by atoms with Crippen LogP contribution in [0.1, 0.15) is 0 Å². The van der Waals surface area contributed by atoms with Gasteiger partial charge in [0.05, 0.1) is 0 Å². The minimum Gasteiger partial charge on any atom is -0.411 e. The molecule has 1 fully saturated rings. The lowest BCUT2D eigenvalue weighted by molar-refractivity contribution is 0.409. The maximum absolute atomic E-state index is 8.58. The maximum atomic E-state index is 8.58. The number of benzene rings is 8. The second-order valence-electron chi connectivity index (χ2n) is 14.1. The maximum Gasteiger partial charge on any atom is 0.389 e. The van der Waals surface area contributed by atoms with E-state index in [2.05, 4.69) is 252 Å². The summed E-state index contributed by atoms with van der Waals surface area (Å²) in [6, 6.07) is 86.9. The van der Waals surface area contributed by atoms with E-state index >= 15 is 0 Å². The standard InChI is InChI=1S/C48H42N2O2Si4/c1-9-25-41(26-10-1)53(42-27-11-2-12-28-42)49-54(43-29-13-3-14-30-43,44-31-15-4-16-32-44)51-56(47-37-21-7-22-38-47,48-39-23-8-24-40-48)52-55(50-53,45-33-17-5-18-34-45)46-35-19-6-20-36-46/h1-40,49-50H. The third kappa shape index (κ3) is 6.42. The van der Waals surface area contributed by atoms with Crippen LogP contribution in [0, 0.1) is 0 Å². The van der Waals surface area contributed by atoms with E-state index in [0.717, 1.165) is 31.1 Å². The molecule has 9 rings (SSSR count). The second kappa shape index (κ2) is 15.5. The Bertz CT molecular complexity index is 1940. The highest BCUT2D eigenvalue weighted by molar-refractivity contribution is 7.22. The van der Waals surface area contributed by atoms with Gasteiger partial charge in [-0.3, -0.25) is 0 Å². The monoisotopic (exact) mass is 790 g/mol. The lowest BCUT2D eigenvalue weighted by atomic mass is 10.4. The van der Waals surface area contributed by atoms with Crippen LogP contribution in [-0.2, 0) is 8.23 Å². The van der Waals surface area contributed by atoms with Crippen LogP contribution in [0.3, 0.4) is 0 Å². The molecule has 1 heterocycles. The average Bonchev–Trinajstić information content (AvgIpc) is 3.29. The van der Waals surface area contributed by atoms with Crippen LogP contribution in [0.15, 0.2) is 243 Å². The Labute approximate surface area is 333 Å². The molecule has 8 aromatic rings. The molecule has 0 radical (unpaired) electrons. The molecule has 1 aliphatic rings. The van der Waals surface area contributed by atoms with Gasteiger partial charge in [-0.05, 0) is 41.5 Å². The lowest BCUT2D eigenvalue weighted by Crippen LogP contribution is -2.98. The molecule has 0 atom stereocenters. The van der Waals surface area contributed by atoms with Gasteiger partial charge < -0.3 is 17.5 Å². The predicted molar refractivity (Wildman–Crippen MR) is 240 cm³/mol. The molecule has 0 amide bonds. The molecular formula is C48H42N2O2Si4. The van der Waals surface area contributed by atoms with Gasteiger partial charge in [0.15, 0.2) is 0 Å². The largest absolute Gasteiger partial charge is 0.411 e. The van der Waals surface area contributed by atoms with Gasteiger partial charge in [0.1, 0.15) is 0 Å². The quantitative estimate of drug-likeness (QED) is 0.227. The molecule has 1 aliphatic heterocycles. The van der Waals surface area contributed by atoms with Gasteiger partial charge in [-0.15, -0.1) is 0 Å². The van der Waals surface area contributed by atoms with Gasteiger partial charge >= 0.3 is 25.5 Å². The van der Waals surface area contributed by atoms with Crippen LogP contribution in [0.2, 0.25) is 0 Å². The first-order chi connectivity index (χ1) is 27.7. The highest BCUT2D eigenvalue weighted by Gasteiger charge is 2.65. The van der Waals surface area contributed by atoms with Crippen LogP contribution < -0.4 is 50.8 Å². The van der Waals surface area contributed by atoms with E-state index in [-0.39, 0.29) is 0 Å². The molecule has 0 aliphatic carbocycles. The molecule has 0 bridgehead atoms. The normalized spacial score (nSPS) is 16.9. The van der Waals surface area contributed by atoms with E-state index in [1.54, 1.807) is 0 Å². The minimum atomic E-state index is -3.76. The van der Waals surface area contributed by atoms with E-state index in [4.69, 9.17) is 8.23 Å². The minimum absolute atomic E-state index is 1.05. The molecule has 0 spiro atoms. The zero-order valence-electron chi connectivity index (χ0n) is 30.9. The third-order valence-electron chi connectivity index (χ3n) is 10.8. The van der Waals surface area contributed by atoms with Crippen molar-refractivity contribution in [3.8, 4) is 0 Å². The highest BCUT2D eigenvalue weighted by Crippen LogP contribution is 2.26. The Hall–Kier alpha value is -5.53. The summed E-state index contributed by atoms with van der Waals surface area (Å²) >= 11 is 0. The fraction of sp³-hybridized carbons (Fsp3) is 0. The molecule has 2 N–H and O–H groups in total. The van der Waals surface area contributed by atoms with Crippen molar-refractivity contribution in [3.05, 3.63) is 243 Å². The zero-order chi connectivity index (χ0) is 37.7. The molecular weight excluding hydrogens is 749 g/mol. The Morgan fingerprint density at radius 2 is 0.429 bits per heavy atom. The van der Waals surface area contributed by atoms with Crippen molar-refractivity contribution in [2.45, 2.75) is 0 Å². The van der Waals surface area contributed by atoms with Crippen molar-refractivity contribution in [2.24, 2.45) is 0 Å². The SMILES string of the molecule is c1ccc([Si]2(c3ccccc3)N[Si](c3ccccc3)(c3ccccc3)O[Si](c3ccccc3)(c3ccccc3)O[Si](c3ccccc3)(c3ccccc3)N2)cc1. The first-order valence-corrected chi connectivity index (χ1v) is 26.7. The average molecular weight is 791 g/mol. The van der Waals surface area contributed by atoms with Crippen LogP contribution in [0.25, 0.3) is 0 Å². The van der Waals surface area contributed by atoms with Gasteiger partial charge in [-0.2, -0.15) is 0 Å². The van der Waals surface area contributed by atoms with Crippen molar-refractivity contribution < 1.29 is 8.23 Å². The molecule has 0 saturated carbocycles. The van der Waals surface area contributed by atoms with Gasteiger partial charge in [0.2, 0.25) is 0 Å². The van der Waals surface area contributed by atoms with E-state index in [9.17, 15) is 0 Å². The fourth-order valence-electron chi connectivity index (χ4n) is 8.16. The molecule has 0 unspecified atom stereocenters. The summed E-state index contributed by atoms with van der Waals surface area (Å²) < 4.78 is 26.5. The third-order valence-corrected chi connectivity index (χ3v) is 30.5. The molecule has 56 heavy (non-hydrogen) atoms. The summed E-state index contributed by atoms with van der Waals surface area (Å²) in [5, 5.41) is 8.98. The summed E-state index contributed by atoms with van der Waals surface area (Å²) in [7, 11) is -14.3. The first kappa shape index (κ1) is 36.1. The fourth-order valence-corrected chi connectivity index (χ4v) is 33.5. The first-order valence-electron chi connectivity index (χ1n) is 19.1. The van der Waals surface area contributed by atoms with Crippen LogP contribution in [-0.4, -0.2) is 33.9 Å². The van der Waals surface area contributed by atoms with Crippen molar-refractivity contribution >= 4 is 75.4 Å². The Kier molecular flexibility index (Phi) is 10.0. The Morgan fingerprint density at radius 3 is 0.661 bits per heavy atom. The molecule has 8 heteroatoms. The van der Waals surface area contributed by atoms with Crippen molar-refractivity contribution in [3.63, 3.8) is 0 Å². The molecule has 8 aromatic carbocycles. The number of hydrogen-bond acceptors (Lipinski definition) is 4. The van der Waals surface area contributed by atoms with Gasteiger partial charge in [0, 0.05) is 0 Å². The molecule has 4 nitrogen and oxygen atoms in total. The van der Waals surface area contributed by atoms with E-state index in [1.165, 1.54) is 10.4 Å². The van der Waals surface area contributed by atoms with Crippen molar-refractivity contribution in [1.82, 2.24) is 9.30 Å². The summed E-state index contributed by atoms with van der Waals surface area (Å²) in [5.41, 5.74) is 0. The lowest BCUT2D eigenvalue weighted by Gasteiger charge is -2.55. The van der Waals surface area contributed by atoms with Crippen molar-refractivity contribution in [1.29, 1.82) is 0 Å². The van der Waals surface area contributed by atoms with Crippen LogP contribution in [0.4, 0.5) is 0 Å². The molecule has 272 valence electrons. The zero-order valence-corrected chi connectivity index (χ0v) is 34.9. The second-order valence-corrected chi connectivity index (χ2v) is 27.8. The summed E-state index contributed by atoms with van der Waals surface area (Å²) in [6.07, 6.45) is 0. The smallest absolute Gasteiger partial charge is 0.389 e. The predicted octanol–water partition coefficient (Wildman–Crippen LogP) is 4.24. The van der Waals surface area contributed by atoms with Crippen molar-refractivity contribution in [2.75, 3.05) is 0 Å².